The number of piperidine rings is 1. The van der Waals surface area contributed by atoms with Crippen LogP contribution in [-0.4, -0.2) is 43.6 Å². The highest BCUT2D eigenvalue weighted by Crippen LogP contribution is 2.30. The molecule has 0 radical (unpaired) electrons. The largest absolute Gasteiger partial charge is 0.372 e. The van der Waals surface area contributed by atoms with Gasteiger partial charge >= 0.3 is 0 Å². The number of para-hydroxylation sites is 1. The molecule has 156 valence electrons. The molecule has 0 bridgehead atoms. The predicted octanol–water partition coefficient (Wildman–Crippen LogP) is 3.30. The summed E-state index contributed by atoms with van der Waals surface area (Å²) in [5.41, 5.74) is 3.24. The summed E-state index contributed by atoms with van der Waals surface area (Å²) in [5, 5.41) is 4.32. The van der Waals surface area contributed by atoms with Gasteiger partial charge in [-0.3, -0.25) is 4.79 Å². The second-order valence-electron chi connectivity index (χ2n) is 8.53. The van der Waals surface area contributed by atoms with E-state index in [1.54, 1.807) is 0 Å². The van der Waals surface area contributed by atoms with E-state index in [0.717, 1.165) is 43.8 Å². The molecule has 0 saturated carbocycles. The fraction of sp³-hybridized carbons (Fsp3) is 0.417. The van der Waals surface area contributed by atoms with E-state index in [-0.39, 0.29) is 5.91 Å². The van der Waals surface area contributed by atoms with Crippen LogP contribution in [0.25, 0.3) is 10.2 Å². The number of quaternary nitrogens is 1. The van der Waals surface area contributed by atoms with E-state index in [9.17, 15) is 4.79 Å². The molecule has 2 fully saturated rings. The summed E-state index contributed by atoms with van der Waals surface area (Å²) in [7, 11) is 0. The summed E-state index contributed by atoms with van der Waals surface area (Å²) in [5.74, 6) is 0.558. The van der Waals surface area contributed by atoms with Gasteiger partial charge in [0.15, 0.2) is 6.54 Å². The van der Waals surface area contributed by atoms with E-state index in [0.29, 0.717) is 12.5 Å². The first-order valence-corrected chi connectivity index (χ1v) is 11.9. The maximum absolute atomic E-state index is 12.7. The molecule has 30 heavy (non-hydrogen) atoms. The van der Waals surface area contributed by atoms with Crippen LogP contribution in [-0.2, 0) is 4.79 Å². The molecule has 2 atom stereocenters. The lowest BCUT2D eigenvalue weighted by Crippen LogP contribution is -3.14. The number of aromatic nitrogens is 1. The normalized spacial score (nSPS) is 21.8. The van der Waals surface area contributed by atoms with Crippen LogP contribution in [0.15, 0.2) is 48.5 Å². The van der Waals surface area contributed by atoms with Gasteiger partial charge in [-0.25, -0.2) is 4.98 Å². The van der Waals surface area contributed by atoms with Crippen molar-refractivity contribution in [2.24, 2.45) is 0 Å². The molecule has 2 aromatic carbocycles. The summed E-state index contributed by atoms with van der Waals surface area (Å²) < 4.78 is 1.26. The first-order chi connectivity index (χ1) is 14.7. The molecule has 3 aromatic rings. The number of amides is 1. The molecule has 5 rings (SSSR count). The average Bonchev–Trinajstić information content (AvgIpc) is 3.44. The number of hydrogen-bond donors (Lipinski definition) is 2. The lowest BCUT2D eigenvalue weighted by atomic mass is 9.99. The molecule has 5 nitrogen and oxygen atoms in total. The van der Waals surface area contributed by atoms with Crippen LogP contribution in [0.1, 0.15) is 36.6 Å². The number of thiazole rings is 1. The van der Waals surface area contributed by atoms with Crippen LogP contribution in [0.4, 0.5) is 11.4 Å². The predicted molar refractivity (Wildman–Crippen MR) is 124 cm³/mol. The first kappa shape index (κ1) is 19.5. The van der Waals surface area contributed by atoms with Gasteiger partial charge in [0.2, 0.25) is 0 Å². The van der Waals surface area contributed by atoms with Gasteiger partial charge in [-0.2, -0.15) is 0 Å². The van der Waals surface area contributed by atoms with Gasteiger partial charge in [0.05, 0.1) is 29.2 Å². The molecule has 2 saturated heterocycles. The third-order valence-corrected chi connectivity index (χ3v) is 7.51. The molecular formula is C24H29N4OS+. The lowest BCUT2D eigenvalue weighted by Gasteiger charge is -2.28. The summed E-state index contributed by atoms with van der Waals surface area (Å²) in [6.07, 6.45) is 4.86. The van der Waals surface area contributed by atoms with Crippen molar-refractivity contribution in [3.05, 3.63) is 53.5 Å². The highest BCUT2D eigenvalue weighted by atomic mass is 32.1. The Bertz CT molecular complexity index is 976. The fourth-order valence-electron chi connectivity index (χ4n) is 4.75. The minimum absolute atomic E-state index is 0.101. The zero-order chi connectivity index (χ0) is 20.3. The van der Waals surface area contributed by atoms with Gasteiger partial charge in [0.1, 0.15) is 5.01 Å². The number of nitrogens with one attached hydrogen (secondary N) is 2. The summed E-state index contributed by atoms with van der Waals surface area (Å²) >= 11 is 1.81. The van der Waals surface area contributed by atoms with Gasteiger partial charge in [0, 0.05) is 24.5 Å². The first-order valence-electron chi connectivity index (χ1n) is 11.1. The summed E-state index contributed by atoms with van der Waals surface area (Å²) in [4.78, 5) is 21.3. The van der Waals surface area contributed by atoms with Crippen molar-refractivity contribution >= 4 is 38.8 Å². The Balaban J connectivity index is 1.17. The monoisotopic (exact) mass is 421 g/mol. The third-order valence-electron chi connectivity index (χ3n) is 6.31. The number of fused-ring (bicyclic) bond motifs is 1. The Morgan fingerprint density at radius 3 is 2.70 bits per heavy atom. The van der Waals surface area contributed by atoms with E-state index < -0.39 is 0 Å². The van der Waals surface area contributed by atoms with Crippen molar-refractivity contribution in [3.8, 4) is 0 Å². The smallest absolute Gasteiger partial charge is 0.279 e. The lowest BCUT2D eigenvalue weighted by molar-refractivity contribution is -0.898. The summed E-state index contributed by atoms with van der Waals surface area (Å²) in [6, 6.07) is 16.7. The minimum atomic E-state index is 0.101. The van der Waals surface area contributed by atoms with Crippen LogP contribution in [0.3, 0.4) is 0 Å². The van der Waals surface area contributed by atoms with Crippen LogP contribution >= 0.6 is 11.3 Å². The molecule has 1 amide bonds. The van der Waals surface area contributed by atoms with Crippen LogP contribution in [0, 0.1) is 0 Å². The molecule has 1 unspecified atom stereocenters. The zero-order valence-corrected chi connectivity index (χ0v) is 18.1. The number of carbonyl (C=O) groups excluding carboxylic acids is 1. The molecule has 2 aliphatic rings. The van der Waals surface area contributed by atoms with Crippen molar-refractivity contribution in [2.45, 2.75) is 31.6 Å². The van der Waals surface area contributed by atoms with E-state index in [1.807, 2.05) is 29.5 Å². The molecule has 3 heterocycles. The second kappa shape index (κ2) is 8.74. The van der Waals surface area contributed by atoms with E-state index in [1.165, 1.54) is 39.6 Å². The number of anilines is 2. The number of nitrogens with zero attached hydrogens (tertiary/aromatic N) is 2. The SMILES string of the molecule is O=C(C[NH+]1CCC[C@H](c2nc3ccccc3s2)C1)Nc1ccc(N2CCCC2)cc1. The van der Waals surface area contributed by atoms with Crippen molar-refractivity contribution in [1.82, 2.24) is 4.98 Å². The fourth-order valence-corrected chi connectivity index (χ4v) is 5.85. The van der Waals surface area contributed by atoms with Gasteiger partial charge in [-0.05, 0) is 62.1 Å². The van der Waals surface area contributed by atoms with E-state index >= 15 is 0 Å². The maximum atomic E-state index is 12.7. The second-order valence-corrected chi connectivity index (χ2v) is 9.59. The van der Waals surface area contributed by atoms with Gasteiger partial charge in [-0.15, -0.1) is 11.3 Å². The van der Waals surface area contributed by atoms with E-state index in [2.05, 4.69) is 40.5 Å². The Labute approximate surface area is 181 Å². The maximum Gasteiger partial charge on any atom is 0.279 e. The number of hydrogen-bond acceptors (Lipinski definition) is 4. The minimum Gasteiger partial charge on any atom is -0.372 e. The van der Waals surface area contributed by atoms with Crippen molar-refractivity contribution < 1.29 is 9.69 Å². The van der Waals surface area contributed by atoms with Crippen LogP contribution in [0.5, 0.6) is 0 Å². The molecule has 2 aliphatic heterocycles. The highest BCUT2D eigenvalue weighted by molar-refractivity contribution is 7.18. The number of benzene rings is 2. The zero-order valence-electron chi connectivity index (χ0n) is 17.3. The van der Waals surface area contributed by atoms with Gasteiger partial charge < -0.3 is 15.1 Å². The summed E-state index contributed by atoms with van der Waals surface area (Å²) in [6.45, 7) is 4.85. The van der Waals surface area contributed by atoms with Crippen molar-refractivity contribution in [1.29, 1.82) is 0 Å². The molecule has 6 heteroatoms. The average molecular weight is 422 g/mol. The Kier molecular flexibility index (Phi) is 5.69. The van der Waals surface area contributed by atoms with Crippen molar-refractivity contribution in [3.63, 3.8) is 0 Å². The number of carbonyl (C=O) groups is 1. The molecule has 0 aliphatic carbocycles. The Hall–Kier alpha value is -2.44. The quantitative estimate of drug-likeness (QED) is 0.665. The Morgan fingerprint density at radius 1 is 1.10 bits per heavy atom. The van der Waals surface area contributed by atoms with Crippen molar-refractivity contribution in [2.75, 3.05) is 42.9 Å². The van der Waals surface area contributed by atoms with Gasteiger partial charge in [-0.1, -0.05) is 12.1 Å². The number of rotatable bonds is 5. The molecular weight excluding hydrogens is 392 g/mol. The molecule has 1 aromatic heterocycles. The molecule has 2 N–H and O–H groups in total. The topological polar surface area (TPSA) is 49.7 Å². The van der Waals surface area contributed by atoms with Crippen LogP contribution in [0.2, 0.25) is 0 Å². The van der Waals surface area contributed by atoms with Crippen LogP contribution < -0.4 is 15.1 Å². The van der Waals surface area contributed by atoms with E-state index in [4.69, 9.17) is 4.98 Å². The third kappa shape index (κ3) is 4.35. The van der Waals surface area contributed by atoms with Gasteiger partial charge in [0.25, 0.3) is 5.91 Å². The number of likely N-dealkylation sites (tertiary alicyclic amines) is 1. The Morgan fingerprint density at radius 2 is 1.90 bits per heavy atom. The highest BCUT2D eigenvalue weighted by Gasteiger charge is 2.28. The standard InChI is InChI=1S/C24H28N4OS/c29-23(25-19-9-11-20(12-10-19)28-14-3-4-15-28)17-27-13-5-6-18(16-27)24-26-21-7-1-2-8-22(21)30-24/h1-2,7-12,18H,3-6,13-17H2,(H,25,29)/p+1/t18-/m0/s1. The molecule has 0 spiro atoms.